The molecule has 0 atom stereocenters. The van der Waals surface area contributed by atoms with Crippen molar-refractivity contribution in [1.29, 1.82) is 0 Å². The van der Waals surface area contributed by atoms with Crippen LogP contribution in [0.25, 0.3) is 22.2 Å². The van der Waals surface area contributed by atoms with Gasteiger partial charge in [-0.1, -0.05) is 11.2 Å². The lowest BCUT2D eigenvalue weighted by Crippen LogP contribution is -1.91. The molecule has 96 valence electrons. The highest BCUT2D eigenvalue weighted by molar-refractivity contribution is 5.96. The van der Waals surface area contributed by atoms with Gasteiger partial charge in [0.2, 0.25) is 5.76 Å². The molecule has 2 aromatic heterocycles. The van der Waals surface area contributed by atoms with Gasteiger partial charge in [0.05, 0.1) is 5.52 Å². The molecule has 6 heteroatoms. The van der Waals surface area contributed by atoms with Gasteiger partial charge in [-0.15, -0.1) is 0 Å². The average molecular weight is 260 g/mol. The van der Waals surface area contributed by atoms with E-state index in [9.17, 15) is 9.18 Å². The molecule has 0 aliphatic heterocycles. The normalized spacial score (nSPS) is 11.1. The number of aromatic carboxylic acids is 1. The Morgan fingerprint density at radius 3 is 2.95 bits per heavy atom. The van der Waals surface area contributed by atoms with Crippen molar-refractivity contribution in [3.8, 4) is 11.3 Å². The van der Waals surface area contributed by atoms with Crippen LogP contribution in [0.2, 0.25) is 0 Å². The van der Waals surface area contributed by atoms with Crippen molar-refractivity contribution in [2.75, 3.05) is 0 Å². The van der Waals surface area contributed by atoms with E-state index in [0.29, 0.717) is 22.2 Å². The Labute approximate surface area is 106 Å². The molecule has 0 aliphatic rings. The van der Waals surface area contributed by atoms with Crippen molar-refractivity contribution in [3.63, 3.8) is 0 Å². The standard InChI is InChI=1S/C13H9FN2O3/c1-16-6-7(9-5-11(13(17)18)19-15-9)12-8(14)3-2-4-10(12)16/h2-6H,1H3,(H,17,18). The maximum absolute atomic E-state index is 13.9. The highest BCUT2D eigenvalue weighted by atomic mass is 19.1. The highest BCUT2D eigenvalue weighted by Gasteiger charge is 2.18. The Balaban J connectivity index is 2.27. The van der Waals surface area contributed by atoms with E-state index < -0.39 is 5.97 Å². The molecular formula is C13H9FN2O3. The second-order valence-electron chi connectivity index (χ2n) is 4.17. The van der Waals surface area contributed by atoms with Gasteiger partial charge in [-0.05, 0) is 12.1 Å². The maximum Gasteiger partial charge on any atom is 0.374 e. The highest BCUT2D eigenvalue weighted by Crippen LogP contribution is 2.31. The number of carbonyl (C=O) groups is 1. The first-order valence-corrected chi connectivity index (χ1v) is 5.52. The summed E-state index contributed by atoms with van der Waals surface area (Å²) < 4.78 is 20.4. The quantitative estimate of drug-likeness (QED) is 0.769. The zero-order chi connectivity index (χ0) is 13.6. The fourth-order valence-electron chi connectivity index (χ4n) is 2.10. The monoisotopic (exact) mass is 260 g/mol. The van der Waals surface area contributed by atoms with Crippen LogP contribution in [0.5, 0.6) is 0 Å². The van der Waals surface area contributed by atoms with Gasteiger partial charge < -0.3 is 14.2 Å². The van der Waals surface area contributed by atoms with Gasteiger partial charge in [-0.2, -0.15) is 0 Å². The van der Waals surface area contributed by atoms with Crippen LogP contribution in [0.3, 0.4) is 0 Å². The zero-order valence-electron chi connectivity index (χ0n) is 9.92. The summed E-state index contributed by atoms with van der Waals surface area (Å²) in [5.74, 6) is -1.87. The van der Waals surface area contributed by atoms with Crippen molar-refractivity contribution < 1.29 is 18.8 Å². The molecule has 0 saturated heterocycles. The maximum atomic E-state index is 13.9. The van der Waals surface area contributed by atoms with E-state index in [2.05, 4.69) is 5.16 Å². The van der Waals surface area contributed by atoms with E-state index in [-0.39, 0.29) is 11.6 Å². The molecule has 5 nitrogen and oxygen atoms in total. The van der Waals surface area contributed by atoms with Gasteiger partial charge in [0.25, 0.3) is 0 Å². The van der Waals surface area contributed by atoms with E-state index in [1.807, 2.05) is 0 Å². The Kier molecular flexibility index (Phi) is 2.38. The predicted molar refractivity (Wildman–Crippen MR) is 65.3 cm³/mol. The summed E-state index contributed by atoms with van der Waals surface area (Å²) in [6.45, 7) is 0. The summed E-state index contributed by atoms with van der Waals surface area (Å²) in [7, 11) is 1.78. The van der Waals surface area contributed by atoms with Crippen LogP contribution >= 0.6 is 0 Å². The Morgan fingerprint density at radius 2 is 2.26 bits per heavy atom. The smallest absolute Gasteiger partial charge is 0.374 e. The number of aryl methyl sites for hydroxylation is 1. The number of nitrogens with zero attached hydrogens (tertiary/aromatic N) is 2. The number of fused-ring (bicyclic) bond motifs is 1. The van der Waals surface area contributed by atoms with Crippen LogP contribution < -0.4 is 0 Å². The van der Waals surface area contributed by atoms with Gasteiger partial charge in [0.15, 0.2) is 0 Å². The van der Waals surface area contributed by atoms with Gasteiger partial charge in [-0.3, -0.25) is 0 Å². The van der Waals surface area contributed by atoms with E-state index in [0.717, 1.165) is 0 Å². The molecule has 19 heavy (non-hydrogen) atoms. The number of carboxylic acid groups (broad SMARTS) is 1. The number of aromatic nitrogens is 2. The molecule has 0 saturated carbocycles. The van der Waals surface area contributed by atoms with Gasteiger partial charge in [0, 0.05) is 30.3 Å². The average Bonchev–Trinajstić information content (AvgIpc) is 2.95. The van der Waals surface area contributed by atoms with Gasteiger partial charge in [0.1, 0.15) is 11.5 Å². The van der Waals surface area contributed by atoms with Crippen LogP contribution in [0, 0.1) is 5.82 Å². The van der Waals surface area contributed by atoms with Crippen molar-refractivity contribution in [1.82, 2.24) is 9.72 Å². The molecule has 0 amide bonds. The lowest BCUT2D eigenvalue weighted by atomic mass is 10.1. The molecule has 1 aromatic carbocycles. The topological polar surface area (TPSA) is 68.3 Å². The first-order chi connectivity index (χ1) is 9.08. The summed E-state index contributed by atoms with van der Waals surface area (Å²) in [5.41, 5.74) is 1.51. The third-order valence-electron chi connectivity index (χ3n) is 2.96. The predicted octanol–water partition coefficient (Wildman–Crippen LogP) is 2.67. The zero-order valence-corrected chi connectivity index (χ0v) is 9.92. The Morgan fingerprint density at radius 1 is 1.47 bits per heavy atom. The minimum atomic E-state index is -1.21. The van der Waals surface area contributed by atoms with Crippen LogP contribution in [-0.4, -0.2) is 20.8 Å². The van der Waals surface area contributed by atoms with Crippen molar-refractivity contribution in [3.05, 3.63) is 42.0 Å². The molecule has 0 bridgehead atoms. The molecule has 0 aliphatic carbocycles. The van der Waals surface area contributed by atoms with E-state index in [1.54, 1.807) is 29.9 Å². The van der Waals surface area contributed by atoms with E-state index in [1.165, 1.54) is 12.1 Å². The van der Waals surface area contributed by atoms with Gasteiger partial charge >= 0.3 is 5.97 Å². The summed E-state index contributed by atoms with van der Waals surface area (Å²) >= 11 is 0. The molecule has 2 heterocycles. The van der Waals surface area contributed by atoms with Crippen molar-refractivity contribution in [2.24, 2.45) is 7.05 Å². The molecule has 0 unspecified atom stereocenters. The van der Waals surface area contributed by atoms with Gasteiger partial charge in [-0.25, -0.2) is 9.18 Å². The van der Waals surface area contributed by atoms with Crippen LogP contribution in [0.4, 0.5) is 4.39 Å². The second-order valence-corrected chi connectivity index (χ2v) is 4.17. The molecular weight excluding hydrogens is 251 g/mol. The fraction of sp³-hybridized carbons (Fsp3) is 0.0769. The van der Waals surface area contributed by atoms with E-state index in [4.69, 9.17) is 9.63 Å². The van der Waals surface area contributed by atoms with Crippen LogP contribution in [0.1, 0.15) is 10.6 Å². The molecule has 0 fully saturated rings. The molecule has 3 aromatic rings. The summed E-state index contributed by atoms with van der Waals surface area (Å²) in [5, 5.41) is 12.9. The third kappa shape index (κ3) is 1.69. The lowest BCUT2D eigenvalue weighted by molar-refractivity contribution is 0.0652. The third-order valence-corrected chi connectivity index (χ3v) is 2.96. The first-order valence-electron chi connectivity index (χ1n) is 5.52. The fourth-order valence-corrected chi connectivity index (χ4v) is 2.10. The summed E-state index contributed by atoms with van der Waals surface area (Å²) in [6, 6.07) is 6.03. The largest absolute Gasteiger partial charge is 0.475 e. The lowest BCUT2D eigenvalue weighted by Gasteiger charge is -1.96. The molecule has 0 radical (unpaired) electrons. The minimum absolute atomic E-state index is 0.275. The Hall–Kier alpha value is -2.63. The number of hydrogen-bond acceptors (Lipinski definition) is 3. The second kappa shape index (κ2) is 3.94. The van der Waals surface area contributed by atoms with Crippen molar-refractivity contribution in [2.45, 2.75) is 0 Å². The summed E-state index contributed by atoms with van der Waals surface area (Å²) in [6.07, 6.45) is 1.69. The molecule has 1 N–H and O–H groups in total. The number of rotatable bonds is 2. The number of carboxylic acids is 1. The number of halogens is 1. The van der Waals surface area contributed by atoms with E-state index >= 15 is 0 Å². The van der Waals surface area contributed by atoms with Crippen LogP contribution in [-0.2, 0) is 7.05 Å². The van der Waals surface area contributed by atoms with Crippen molar-refractivity contribution >= 4 is 16.9 Å². The van der Waals surface area contributed by atoms with Crippen LogP contribution in [0.15, 0.2) is 35.0 Å². The molecule has 3 rings (SSSR count). The number of benzene rings is 1. The molecule has 0 spiro atoms. The summed E-state index contributed by atoms with van der Waals surface area (Å²) in [4.78, 5) is 10.8. The minimum Gasteiger partial charge on any atom is -0.475 e. The Bertz CT molecular complexity index is 788. The number of hydrogen-bond donors (Lipinski definition) is 1. The SMILES string of the molecule is Cn1cc(-c2cc(C(=O)O)on2)c2c(F)cccc21. The first kappa shape index (κ1) is 11.5.